The van der Waals surface area contributed by atoms with Gasteiger partial charge in [-0.3, -0.25) is 43.8 Å². The zero-order valence-corrected chi connectivity index (χ0v) is 38.7. The van der Waals surface area contributed by atoms with Gasteiger partial charge < -0.3 is 83.5 Å². The highest BCUT2D eigenvalue weighted by Gasteiger charge is 2.41. The number of para-hydroxylation sites is 1. The van der Waals surface area contributed by atoms with E-state index in [2.05, 4.69) is 41.6 Å². The Morgan fingerprint density at radius 3 is 2.32 bits per heavy atom. The highest BCUT2D eigenvalue weighted by atomic mass is 33.1. The molecule has 0 bridgehead atoms. The summed E-state index contributed by atoms with van der Waals surface area (Å²) < 4.78 is 4.32. The van der Waals surface area contributed by atoms with E-state index in [0.29, 0.717) is 31.4 Å². The zero-order valence-electron chi connectivity index (χ0n) is 37.1. The number of nitrogens with zero attached hydrogens (tertiary/aromatic N) is 1. The number of aliphatic hydroxyl groups excluding tert-OH is 4. The number of amides is 7. The summed E-state index contributed by atoms with van der Waals surface area (Å²) in [5, 5.41) is 68.1. The van der Waals surface area contributed by atoms with Crippen LogP contribution in [0.1, 0.15) is 50.5 Å². The number of nitrogens with two attached hydrogens (primary N) is 2. The van der Waals surface area contributed by atoms with E-state index < -0.39 is 127 Å². The smallest absolute Gasteiger partial charge is 0.377 e. The van der Waals surface area contributed by atoms with E-state index >= 15 is 0 Å². The number of carboxylic acids is 1. The number of unbranched alkanes of at least 4 members (excludes halogenated alkanes) is 1. The summed E-state index contributed by atoms with van der Waals surface area (Å²) in [6, 6.07) is 1.06. The summed E-state index contributed by atoms with van der Waals surface area (Å²) in [5.41, 5.74) is 12.3. The minimum Gasteiger partial charge on any atom is -0.505 e. The topological polar surface area (TPSA) is 431 Å². The number of carboxylic acid groups (broad SMARTS) is 1. The fourth-order valence-corrected chi connectivity index (χ4v) is 9.41. The molecule has 7 amide bonds. The van der Waals surface area contributed by atoms with Gasteiger partial charge in [0.05, 0.1) is 19.6 Å². The molecule has 4 heterocycles. The number of aromatic amines is 1. The van der Waals surface area contributed by atoms with E-state index in [1.54, 1.807) is 12.3 Å². The molecule has 378 valence electrons. The lowest BCUT2D eigenvalue weighted by molar-refractivity contribution is -0.147. The normalized spacial score (nSPS) is 24.0. The Hall–Kier alpha value is -6.78. The van der Waals surface area contributed by atoms with Gasteiger partial charge in [0.15, 0.2) is 17.8 Å². The average Bonchev–Trinajstić information content (AvgIpc) is 4.03. The third-order valence-electron chi connectivity index (χ3n) is 10.8. The molecule has 2 fully saturated rings. The molecule has 28 heteroatoms. The highest BCUT2D eigenvalue weighted by molar-refractivity contribution is 8.76. The lowest BCUT2D eigenvalue weighted by atomic mass is 10.0. The van der Waals surface area contributed by atoms with Crippen LogP contribution in [0.25, 0.3) is 10.9 Å². The van der Waals surface area contributed by atoms with Crippen molar-refractivity contribution < 1.29 is 73.4 Å². The molecule has 0 aliphatic carbocycles. The third-order valence-corrected chi connectivity index (χ3v) is 13.2. The lowest BCUT2D eigenvalue weighted by Crippen LogP contribution is -2.59. The van der Waals surface area contributed by atoms with Crippen LogP contribution >= 0.6 is 21.6 Å². The second-order valence-corrected chi connectivity index (χ2v) is 18.5. The van der Waals surface area contributed by atoms with E-state index in [0.717, 1.165) is 10.9 Å². The minimum absolute atomic E-state index is 0.0216. The van der Waals surface area contributed by atoms with E-state index in [-0.39, 0.29) is 49.7 Å². The van der Waals surface area contributed by atoms with Crippen LogP contribution in [0.2, 0.25) is 0 Å². The number of cyclic esters (lactones) is 1. The number of aromatic nitrogens is 1. The number of carbonyl (C=O) groups is 9. The van der Waals surface area contributed by atoms with Gasteiger partial charge in [0, 0.05) is 54.5 Å². The summed E-state index contributed by atoms with van der Waals surface area (Å²) in [5.74, 6) is -9.27. The van der Waals surface area contributed by atoms with Crippen molar-refractivity contribution in [1.29, 1.82) is 5.41 Å². The van der Waals surface area contributed by atoms with Crippen LogP contribution < -0.4 is 43.4 Å². The molecule has 0 saturated carbocycles. The van der Waals surface area contributed by atoms with Crippen LogP contribution in [-0.4, -0.2) is 175 Å². The van der Waals surface area contributed by atoms with Gasteiger partial charge in [-0.15, -0.1) is 0 Å². The van der Waals surface area contributed by atoms with Gasteiger partial charge >= 0.3 is 11.9 Å². The molecule has 0 spiro atoms. The second kappa shape index (κ2) is 26.7. The molecule has 2 aromatic rings. The van der Waals surface area contributed by atoms with Gasteiger partial charge in [0.2, 0.25) is 47.1 Å². The number of ether oxygens (including phenoxy) is 1. The molecular formula is C41H57N11O15S2. The van der Waals surface area contributed by atoms with Crippen LogP contribution in [0.4, 0.5) is 0 Å². The monoisotopic (exact) mass is 1010 g/mol. The molecule has 1 aromatic carbocycles. The fraction of sp³-hybridized carbons (Fsp3) is 0.512. The number of guanidine groups is 1. The number of aliphatic hydroxyl groups is 4. The number of carbonyl (C=O) groups excluding carboxylic acids is 8. The maximum atomic E-state index is 14.3. The summed E-state index contributed by atoms with van der Waals surface area (Å²) in [4.78, 5) is 120. The maximum Gasteiger partial charge on any atom is 0.377 e. The first-order valence-electron chi connectivity index (χ1n) is 21.6. The highest BCUT2D eigenvalue weighted by Crippen LogP contribution is 2.26. The predicted molar refractivity (Wildman–Crippen MR) is 247 cm³/mol. The molecule has 3 aliphatic heterocycles. The first kappa shape index (κ1) is 54.8. The number of H-pyrrole nitrogens is 1. The molecule has 3 aliphatic rings. The Balaban J connectivity index is 0.000000750. The third kappa shape index (κ3) is 16.5. The molecule has 7 atom stereocenters. The first-order chi connectivity index (χ1) is 32.8. The Bertz CT molecular complexity index is 2260. The van der Waals surface area contributed by atoms with Gasteiger partial charge in [0.25, 0.3) is 0 Å². The van der Waals surface area contributed by atoms with Crippen molar-refractivity contribution in [2.45, 2.75) is 93.8 Å². The van der Waals surface area contributed by atoms with Crippen molar-refractivity contribution in [2.75, 3.05) is 37.7 Å². The Morgan fingerprint density at radius 2 is 1.65 bits per heavy atom. The number of esters is 1. The van der Waals surface area contributed by atoms with Crippen LogP contribution in [0.15, 0.2) is 42.0 Å². The van der Waals surface area contributed by atoms with Gasteiger partial charge in [-0.25, -0.2) is 4.79 Å². The van der Waals surface area contributed by atoms with Gasteiger partial charge in [-0.1, -0.05) is 39.8 Å². The molecule has 17 N–H and O–H groups in total. The van der Waals surface area contributed by atoms with E-state index in [1.165, 1.54) is 26.5 Å². The number of aliphatic carboxylic acids is 1. The average molecular weight is 1010 g/mol. The molecule has 0 unspecified atom stereocenters. The van der Waals surface area contributed by atoms with Crippen molar-refractivity contribution in [1.82, 2.24) is 41.8 Å². The van der Waals surface area contributed by atoms with E-state index in [4.69, 9.17) is 37.3 Å². The summed E-state index contributed by atoms with van der Waals surface area (Å²) in [7, 11) is 2.44. The molecular weight excluding hydrogens is 951 g/mol. The number of hydrogen-bond donors (Lipinski definition) is 15. The Kier molecular flexibility index (Phi) is 21.2. The van der Waals surface area contributed by atoms with Crippen LogP contribution in [0.3, 0.4) is 0 Å². The number of hydrogen-bond acceptors (Lipinski definition) is 17. The van der Waals surface area contributed by atoms with E-state index in [9.17, 15) is 48.3 Å². The Labute approximate surface area is 401 Å². The number of nitrogens with one attached hydrogen (secondary N) is 8. The number of benzene rings is 1. The lowest BCUT2D eigenvalue weighted by Gasteiger charge is -2.30. The van der Waals surface area contributed by atoms with Crippen LogP contribution in [-0.2, 0) is 54.3 Å². The zero-order chi connectivity index (χ0) is 50.8. The molecule has 69 heavy (non-hydrogen) atoms. The van der Waals surface area contributed by atoms with Gasteiger partial charge in [0.1, 0.15) is 36.3 Å². The van der Waals surface area contributed by atoms with Crippen molar-refractivity contribution in [3.8, 4) is 0 Å². The van der Waals surface area contributed by atoms with Crippen LogP contribution in [0.5, 0.6) is 0 Å². The predicted octanol–water partition coefficient (Wildman–Crippen LogP) is -3.25. The largest absolute Gasteiger partial charge is 0.505 e. The second-order valence-electron chi connectivity index (χ2n) is 15.8. The van der Waals surface area contributed by atoms with E-state index in [1.807, 2.05) is 18.2 Å². The minimum atomic E-state index is -1.68. The molecule has 5 rings (SSSR count). The molecule has 2 saturated heterocycles. The standard InChI is InChI=1S/C35H49N11O9S2.C6H8O6/c36-30(51)25-18-57-56-13-10-27(47)42-22(8-3-4-11-39-35(37)38)31(52)41-17-28(48)43-23(15-29(49)50)32(53)44-24(14-19-16-40-21-7-2-1-6-20(19)21)34(55)46-12-5-9-26(46)33(54)45-25;7-1-2(8)5-3(9)4(10)6(11)12-5/h1-2,6-7,16,22-26,40H,3-5,8-15,17-18H2,(H2,36,51)(H,41,52)(H,42,47)(H,43,48)(H,44,53)(H,45,54)(H,49,50)(H4,37,38,39);2,5,7-10H,1H2/t22-,23-,24-,25-,26-;2-,5+/m00/s1. The number of fused-ring (bicyclic) bond motifs is 2. The quantitative estimate of drug-likeness (QED) is 0.0326. The van der Waals surface area contributed by atoms with Gasteiger partial charge in [-0.05, 0) is 43.7 Å². The molecule has 26 nitrogen and oxygen atoms in total. The number of primary amides is 1. The van der Waals surface area contributed by atoms with Crippen molar-refractivity contribution >= 4 is 91.7 Å². The van der Waals surface area contributed by atoms with Crippen molar-refractivity contribution in [3.05, 3.63) is 47.5 Å². The maximum absolute atomic E-state index is 14.3. The SMILES string of the molecule is N=C(N)NCCCC[C@@H]1NC(=O)CCSSC[C@@H](C(N)=O)NC(=O)[C@@H]2CCCN2C(=O)[C@H](Cc2c[nH]c3ccccc23)NC(=O)[C@H](CC(=O)O)NC(=O)CNC1=O.O=C1O[C@H]([C@@H](O)CO)C(O)=C1O. The molecule has 0 radical (unpaired) electrons. The van der Waals surface area contributed by atoms with Crippen molar-refractivity contribution in [3.63, 3.8) is 0 Å². The summed E-state index contributed by atoms with van der Waals surface area (Å²) >= 11 is 0. The summed E-state index contributed by atoms with van der Waals surface area (Å²) in [6.07, 6.45) is -0.286. The van der Waals surface area contributed by atoms with Crippen molar-refractivity contribution in [2.24, 2.45) is 11.5 Å². The first-order valence-corrected chi connectivity index (χ1v) is 24.1. The van der Waals surface area contributed by atoms with Crippen LogP contribution in [0, 0.1) is 5.41 Å². The Morgan fingerprint density at radius 1 is 0.928 bits per heavy atom. The molecule has 1 aromatic heterocycles. The van der Waals surface area contributed by atoms with Gasteiger partial charge in [-0.2, -0.15) is 0 Å². The fourth-order valence-electron chi connectivity index (χ4n) is 7.24. The number of rotatable bonds is 12. The summed E-state index contributed by atoms with van der Waals surface area (Å²) in [6.45, 7) is -0.845.